The van der Waals surface area contributed by atoms with Gasteiger partial charge < -0.3 is 5.73 Å². The minimum absolute atomic E-state index is 0.196. The first-order chi connectivity index (χ1) is 9.10. The maximum Gasteiger partial charge on any atom is 0.401 e. The van der Waals surface area contributed by atoms with E-state index in [0.717, 1.165) is 16.7 Å². The number of rotatable bonds is 5. The summed E-state index contributed by atoms with van der Waals surface area (Å²) in [7, 11) is 0. The molecule has 0 aliphatic rings. The molecule has 0 aliphatic heterocycles. The van der Waals surface area contributed by atoms with Crippen LogP contribution >= 0.6 is 0 Å². The third-order valence-electron chi connectivity index (χ3n) is 3.38. The summed E-state index contributed by atoms with van der Waals surface area (Å²) in [6, 6.07) is 5.26. The van der Waals surface area contributed by atoms with E-state index in [2.05, 4.69) is 0 Å². The summed E-state index contributed by atoms with van der Waals surface area (Å²) in [5.41, 5.74) is 9.10. The van der Waals surface area contributed by atoms with Crippen LogP contribution in [0.2, 0.25) is 0 Å². The minimum atomic E-state index is -4.20. The number of alkyl halides is 3. The van der Waals surface area contributed by atoms with Gasteiger partial charge in [-0.3, -0.25) is 4.90 Å². The smallest absolute Gasteiger partial charge is 0.323 e. The Labute approximate surface area is 118 Å². The van der Waals surface area contributed by atoms with Crippen LogP contribution in [-0.4, -0.2) is 30.2 Å². The molecule has 114 valence electrons. The van der Waals surface area contributed by atoms with Crippen molar-refractivity contribution in [2.24, 2.45) is 5.73 Å². The van der Waals surface area contributed by atoms with Crippen LogP contribution in [-0.2, 0) is 0 Å². The molecule has 0 heterocycles. The van der Waals surface area contributed by atoms with Crippen molar-refractivity contribution >= 4 is 0 Å². The second-order valence-electron chi connectivity index (χ2n) is 5.60. The predicted molar refractivity (Wildman–Crippen MR) is 75.6 cm³/mol. The van der Waals surface area contributed by atoms with Gasteiger partial charge in [-0.1, -0.05) is 23.8 Å². The monoisotopic (exact) mass is 288 g/mol. The van der Waals surface area contributed by atoms with E-state index < -0.39 is 18.8 Å². The second kappa shape index (κ2) is 6.59. The molecule has 0 aromatic heterocycles. The lowest BCUT2D eigenvalue weighted by atomic mass is 9.99. The van der Waals surface area contributed by atoms with Gasteiger partial charge in [0.15, 0.2) is 0 Å². The molecule has 0 fully saturated rings. The van der Waals surface area contributed by atoms with Gasteiger partial charge in [-0.25, -0.2) is 0 Å². The first kappa shape index (κ1) is 17.0. The van der Waals surface area contributed by atoms with Gasteiger partial charge in [0.2, 0.25) is 0 Å². The molecule has 1 rings (SSSR count). The fourth-order valence-electron chi connectivity index (χ4n) is 2.20. The summed E-state index contributed by atoms with van der Waals surface area (Å²) in [5, 5.41) is 0. The Morgan fingerprint density at radius 3 is 2.30 bits per heavy atom. The Balaban J connectivity index is 2.85. The molecular weight excluding hydrogens is 265 g/mol. The first-order valence-corrected chi connectivity index (χ1v) is 6.73. The summed E-state index contributed by atoms with van der Waals surface area (Å²) in [6.07, 6.45) is -4.20. The Bertz CT molecular complexity index is 441. The largest absolute Gasteiger partial charge is 0.401 e. The Morgan fingerprint density at radius 2 is 1.80 bits per heavy atom. The summed E-state index contributed by atoms with van der Waals surface area (Å²) >= 11 is 0. The zero-order valence-electron chi connectivity index (χ0n) is 12.5. The van der Waals surface area contributed by atoms with Gasteiger partial charge in [0.05, 0.1) is 6.54 Å². The van der Waals surface area contributed by atoms with E-state index in [1.807, 2.05) is 32.0 Å². The molecule has 0 bridgehead atoms. The molecule has 1 aromatic rings. The maximum absolute atomic E-state index is 12.6. The molecule has 0 radical (unpaired) electrons. The molecule has 0 amide bonds. The average molecular weight is 288 g/mol. The number of nitrogens with two attached hydrogens (primary N) is 1. The van der Waals surface area contributed by atoms with E-state index in [1.54, 1.807) is 13.8 Å². The number of benzene rings is 1. The highest BCUT2D eigenvalue weighted by Gasteiger charge is 2.32. The average Bonchev–Trinajstić information content (AvgIpc) is 2.29. The van der Waals surface area contributed by atoms with Crippen LogP contribution in [0.4, 0.5) is 13.2 Å². The number of halogens is 3. The Kier molecular flexibility index (Phi) is 5.59. The number of aryl methyl sites for hydroxylation is 2. The topological polar surface area (TPSA) is 29.3 Å². The molecule has 1 aromatic carbocycles. The van der Waals surface area contributed by atoms with E-state index >= 15 is 0 Å². The van der Waals surface area contributed by atoms with Crippen molar-refractivity contribution < 1.29 is 13.2 Å². The lowest BCUT2D eigenvalue weighted by Gasteiger charge is -2.30. The molecule has 1 atom stereocenters. The van der Waals surface area contributed by atoms with E-state index in [-0.39, 0.29) is 12.6 Å². The highest BCUT2D eigenvalue weighted by molar-refractivity contribution is 5.33. The van der Waals surface area contributed by atoms with Crippen LogP contribution in [0.25, 0.3) is 0 Å². The van der Waals surface area contributed by atoms with Crippen molar-refractivity contribution in [1.82, 2.24) is 4.90 Å². The second-order valence-corrected chi connectivity index (χ2v) is 5.60. The molecule has 0 aliphatic carbocycles. The Hall–Kier alpha value is -1.07. The zero-order valence-corrected chi connectivity index (χ0v) is 12.5. The molecule has 1 unspecified atom stereocenters. The summed E-state index contributed by atoms with van der Waals surface area (Å²) in [6.45, 7) is 6.65. The lowest BCUT2D eigenvalue weighted by Crippen LogP contribution is -2.43. The van der Waals surface area contributed by atoms with Crippen molar-refractivity contribution in [2.75, 3.05) is 13.1 Å². The van der Waals surface area contributed by atoms with Crippen LogP contribution in [0.5, 0.6) is 0 Å². The quantitative estimate of drug-likeness (QED) is 0.897. The zero-order chi connectivity index (χ0) is 15.5. The first-order valence-electron chi connectivity index (χ1n) is 6.73. The number of hydrogen-bond acceptors (Lipinski definition) is 2. The maximum atomic E-state index is 12.6. The molecule has 0 saturated heterocycles. The molecule has 0 spiro atoms. The van der Waals surface area contributed by atoms with Crippen LogP contribution in [0.15, 0.2) is 18.2 Å². The van der Waals surface area contributed by atoms with E-state index in [9.17, 15) is 13.2 Å². The van der Waals surface area contributed by atoms with E-state index in [4.69, 9.17) is 5.73 Å². The van der Waals surface area contributed by atoms with Gasteiger partial charge in [-0.15, -0.1) is 0 Å². The standard InChI is InChI=1S/C15H23F3N2/c1-10(2)20(9-15(16,17)18)8-14(19)13-7-11(3)5-6-12(13)4/h5-7,10,14H,8-9,19H2,1-4H3. The SMILES string of the molecule is Cc1ccc(C)c(C(N)CN(CC(F)(F)F)C(C)C)c1. The van der Waals surface area contributed by atoms with Crippen molar-refractivity contribution in [3.05, 3.63) is 34.9 Å². The van der Waals surface area contributed by atoms with E-state index in [0.29, 0.717) is 0 Å². The van der Waals surface area contributed by atoms with Gasteiger partial charge in [-0.05, 0) is 38.8 Å². The van der Waals surface area contributed by atoms with Gasteiger partial charge in [-0.2, -0.15) is 13.2 Å². The van der Waals surface area contributed by atoms with Crippen LogP contribution in [0.3, 0.4) is 0 Å². The third-order valence-corrected chi connectivity index (χ3v) is 3.38. The predicted octanol–water partition coefficient (Wildman–Crippen LogP) is 3.58. The van der Waals surface area contributed by atoms with Crippen molar-refractivity contribution in [1.29, 1.82) is 0 Å². The van der Waals surface area contributed by atoms with Crippen LogP contribution in [0, 0.1) is 13.8 Å². The normalized spacial score (nSPS) is 14.1. The number of nitrogens with zero attached hydrogens (tertiary/aromatic N) is 1. The van der Waals surface area contributed by atoms with Gasteiger partial charge in [0.1, 0.15) is 0 Å². The molecule has 0 saturated carbocycles. The van der Waals surface area contributed by atoms with Crippen LogP contribution in [0.1, 0.15) is 36.6 Å². The van der Waals surface area contributed by atoms with E-state index in [1.165, 1.54) is 4.90 Å². The molecular formula is C15H23F3N2. The summed E-state index contributed by atoms with van der Waals surface area (Å²) < 4.78 is 37.7. The lowest BCUT2D eigenvalue weighted by molar-refractivity contribution is -0.150. The van der Waals surface area contributed by atoms with Crippen LogP contribution < -0.4 is 5.73 Å². The van der Waals surface area contributed by atoms with Gasteiger partial charge in [0, 0.05) is 18.6 Å². The Morgan fingerprint density at radius 1 is 1.20 bits per heavy atom. The minimum Gasteiger partial charge on any atom is -0.323 e. The summed E-state index contributed by atoms with van der Waals surface area (Å²) in [5.74, 6) is 0. The number of hydrogen-bond donors (Lipinski definition) is 1. The fraction of sp³-hybridized carbons (Fsp3) is 0.600. The molecule has 20 heavy (non-hydrogen) atoms. The van der Waals surface area contributed by atoms with Gasteiger partial charge >= 0.3 is 6.18 Å². The summed E-state index contributed by atoms with van der Waals surface area (Å²) in [4.78, 5) is 1.37. The third kappa shape index (κ3) is 5.13. The van der Waals surface area contributed by atoms with Crippen molar-refractivity contribution in [3.8, 4) is 0 Å². The molecule has 2 nitrogen and oxygen atoms in total. The molecule has 2 N–H and O–H groups in total. The molecule has 5 heteroatoms. The highest BCUT2D eigenvalue weighted by atomic mass is 19.4. The van der Waals surface area contributed by atoms with Crippen molar-refractivity contribution in [3.63, 3.8) is 0 Å². The fourth-order valence-corrected chi connectivity index (χ4v) is 2.20. The van der Waals surface area contributed by atoms with Gasteiger partial charge in [0.25, 0.3) is 0 Å². The van der Waals surface area contributed by atoms with Crippen molar-refractivity contribution in [2.45, 2.75) is 46.0 Å². The highest BCUT2D eigenvalue weighted by Crippen LogP contribution is 2.22.